The molecule has 5 N–H and O–H groups in total. The number of hydrogen-bond acceptors (Lipinski definition) is 19. The smallest absolute Gasteiger partial charge is 0.391 e. The summed E-state index contributed by atoms with van der Waals surface area (Å²) in [5.41, 5.74) is 2.78. The van der Waals surface area contributed by atoms with E-state index in [1.165, 1.54) is 35.0 Å². The van der Waals surface area contributed by atoms with Crippen LogP contribution in [0.2, 0.25) is 5.02 Å². The molecule has 6 aromatic rings. The van der Waals surface area contributed by atoms with Crippen molar-refractivity contribution in [2.24, 2.45) is 10.8 Å². The molecule has 4 amide bonds. The normalized spacial score (nSPS) is 21.5. The Balaban J connectivity index is 0.630. The van der Waals surface area contributed by atoms with Crippen LogP contribution in [0.25, 0.3) is 16.0 Å². The van der Waals surface area contributed by atoms with Crippen molar-refractivity contribution in [3.8, 4) is 10.4 Å². The molecule has 5 heterocycles. The van der Waals surface area contributed by atoms with Crippen molar-refractivity contribution in [2.75, 3.05) is 114 Å². The van der Waals surface area contributed by atoms with Gasteiger partial charge in [-0.2, -0.15) is 13.2 Å². The van der Waals surface area contributed by atoms with E-state index in [4.69, 9.17) is 16.3 Å². The number of rotatable bonds is 32. The summed E-state index contributed by atoms with van der Waals surface area (Å²) in [7, 11) is -11.0. The standard InChI is InChI=1S/C85H113ClF3N11O10S4/c1-58-51-97(52-59(2)100(58)77(102)20-15-10-9-11-16-38-90-79(83(5,6)7)82(105)99-54-70(101)48-75(99)81(104)92-60(3)62-21-23-64(24-22-62)78-61(4)91-57-112-78)56-84(8)37-35-73(63-25-29-67(86)30-26-63)66(50-84)53-96-41-43-98(44-42-96)69-31-27-65(28-32-69)80(103)94-114(108,109)72-33-34-74(76(49-72)113(106,107)85(87,88)89)93-68(55-111-71-18-13-12-14-19-71)36-40-95-39-17-46-110-47-45-95/h12-14,18-19,21-34,49,57-60,68,70,75,79,90,93,101H,9-11,15-17,20,35-48,50-56H2,1-8H3,(H,92,104)(H,94,103)/t58?,59?,60-,68+,70+,75-,79+,84+/m0/s1. The van der Waals surface area contributed by atoms with Gasteiger partial charge in [0.25, 0.3) is 25.8 Å². The van der Waals surface area contributed by atoms with Crippen LogP contribution in [0.4, 0.5) is 24.5 Å². The number of aliphatic hydroxyl groups is 1. The summed E-state index contributed by atoms with van der Waals surface area (Å²) < 4.78 is 105. The zero-order valence-electron chi connectivity index (χ0n) is 66.9. The Kier molecular flexibility index (Phi) is 30.1. The van der Waals surface area contributed by atoms with E-state index in [2.05, 4.69) is 78.3 Å². The van der Waals surface area contributed by atoms with Crippen molar-refractivity contribution in [3.63, 3.8) is 0 Å². The number of sulfone groups is 1. The van der Waals surface area contributed by atoms with E-state index in [9.17, 15) is 54.3 Å². The zero-order valence-corrected chi connectivity index (χ0v) is 70.9. The lowest BCUT2D eigenvalue weighted by atomic mass is 9.71. The van der Waals surface area contributed by atoms with Crippen molar-refractivity contribution in [3.05, 3.63) is 160 Å². The first-order valence-electron chi connectivity index (χ1n) is 40.1. The molecule has 1 aliphatic carbocycles. The number of amides is 4. The van der Waals surface area contributed by atoms with Crippen molar-refractivity contribution < 1.29 is 59.0 Å². The van der Waals surface area contributed by atoms with Gasteiger partial charge in [0.15, 0.2) is 0 Å². The van der Waals surface area contributed by atoms with Crippen LogP contribution < -0.4 is 25.6 Å². The fraction of sp³-hybridized carbons (Fsp3) is 0.541. The van der Waals surface area contributed by atoms with E-state index in [0.717, 1.165) is 154 Å². The molecule has 8 atom stereocenters. The molecule has 620 valence electrons. The van der Waals surface area contributed by atoms with Gasteiger partial charge in [0, 0.05) is 143 Å². The van der Waals surface area contributed by atoms with Crippen molar-refractivity contribution in [2.45, 2.75) is 195 Å². The Bertz CT molecular complexity index is 4490. The lowest BCUT2D eigenvalue weighted by Crippen LogP contribution is -2.60. The Morgan fingerprint density at radius 1 is 0.798 bits per heavy atom. The van der Waals surface area contributed by atoms with E-state index in [1.807, 2.05) is 112 Å². The average molecular weight is 1670 g/mol. The SMILES string of the molecule is Cc1ncsc1-c1ccc([C@H](C)NC(=O)[C@@H]2C[C@@H](O)CN2C(=O)[C@@H](NCCCCCCCC(=O)N2C(C)CN(C[C@]3(C)CCC(c4ccc(Cl)cc4)=C(CN4CCN(c5ccc(C(=O)NS(=O)(=O)c6ccc(N[C@H](CCN7CCCOCC7)CSc7ccccc7)c(S(=O)(=O)C(F)(F)F)c6)cc5)CC4)C3)CC2C)C(C)(C)C)cc1. The van der Waals surface area contributed by atoms with Crippen LogP contribution in [0.5, 0.6) is 0 Å². The molecule has 2 unspecified atom stereocenters. The van der Waals surface area contributed by atoms with Gasteiger partial charge >= 0.3 is 5.51 Å². The predicted octanol–water partition coefficient (Wildman–Crippen LogP) is 13.7. The van der Waals surface area contributed by atoms with Crippen molar-refractivity contribution in [1.29, 1.82) is 0 Å². The number of nitrogens with zero attached hydrogens (tertiary/aromatic N) is 7. The second kappa shape index (κ2) is 39.1. The van der Waals surface area contributed by atoms with Crippen LogP contribution >= 0.6 is 34.7 Å². The average Bonchev–Trinajstić information content (AvgIpc) is 0.820. The molecule has 4 aliphatic heterocycles. The Morgan fingerprint density at radius 2 is 1.48 bits per heavy atom. The molecule has 4 saturated heterocycles. The van der Waals surface area contributed by atoms with Crippen molar-refractivity contribution in [1.82, 2.24) is 44.8 Å². The number of carbonyl (C=O) groups is 4. The number of aryl methyl sites for hydroxylation is 1. The number of likely N-dealkylation sites (tertiary alicyclic amines) is 1. The minimum atomic E-state index is -6.11. The lowest BCUT2D eigenvalue weighted by molar-refractivity contribution is -0.142. The molecule has 114 heavy (non-hydrogen) atoms. The Labute approximate surface area is 684 Å². The summed E-state index contributed by atoms with van der Waals surface area (Å²) in [6, 6.07) is 32.3. The van der Waals surface area contributed by atoms with E-state index in [0.29, 0.717) is 75.6 Å². The summed E-state index contributed by atoms with van der Waals surface area (Å²) >= 11 is 9.46. The third kappa shape index (κ3) is 23.1. The van der Waals surface area contributed by atoms with Crippen LogP contribution in [-0.2, 0) is 39.0 Å². The molecule has 0 radical (unpaired) electrons. The fourth-order valence-corrected chi connectivity index (χ4v) is 20.7. The number of anilines is 2. The summed E-state index contributed by atoms with van der Waals surface area (Å²) in [5, 5.41) is 21.2. The molecule has 4 fully saturated rings. The number of aromatic nitrogens is 1. The number of alkyl halides is 3. The zero-order chi connectivity index (χ0) is 81.7. The van der Waals surface area contributed by atoms with Crippen LogP contribution in [0, 0.1) is 17.8 Å². The van der Waals surface area contributed by atoms with Gasteiger partial charge in [0.1, 0.15) is 10.9 Å². The van der Waals surface area contributed by atoms with Gasteiger partial charge in [-0.1, -0.05) is 119 Å². The maximum Gasteiger partial charge on any atom is 0.501 e. The third-order valence-corrected chi connectivity index (χ3v) is 28.1. The monoisotopic (exact) mass is 1670 g/mol. The first-order valence-corrected chi connectivity index (χ1v) is 45.3. The number of carbonyl (C=O) groups excluding carboxylic acids is 4. The van der Waals surface area contributed by atoms with Crippen molar-refractivity contribution >= 4 is 95.1 Å². The molecule has 5 aromatic carbocycles. The number of β-amino-alcohol motifs (C(OH)–C–C–N with tert-alkyl or cyclic N) is 1. The number of hydrogen-bond donors (Lipinski definition) is 5. The third-order valence-electron chi connectivity index (χ3n) is 22.8. The minimum Gasteiger partial charge on any atom is -0.391 e. The number of thiazole rings is 1. The number of ether oxygens (including phenoxy) is 1. The number of benzene rings is 5. The maximum absolute atomic E-state index is 14.5. The van der Waals surface area contributed by atoms with Gasteiger partial charge in [-0.25, -0.2) is 26.5 Å². The lowest BCUT2D eigenvalue weighted by Gasteiger charge is -2.48. The number of unbranched alkanes of at least 4 members (excludes halogenated alkanes) is 4. The molecule has 0 saturated carbocycles. The predicted molar refractivity (Wildman–Crippen MR) is 447 cm³/mol. The minimum absolute atomic E-state index is 0.0314. The van der Waals surface area contributed by atoms with E-state index < -0.39 is 76.4 Å². The molecule has 1 aromatic heterocycles. The molecular weight excluding hydrogens is 1560 g/mol. The fourth-order valence-electron chi connectivity index (χ4n) is 16.8. The second-order valence-electron chi connectivity index (χ2n) is 33.0. The number of aliphatic hydroxyl groups excluding tert-OH is 1. The van der Waals surface area contributed by atoms with E-state index in [1.54, 1.807) is 28.4 Å². The topological polar surface area (TPSA) is 246 Å². The molecule has 21 nitrogen and oxygen atoms in total. The Hall–Kier alpha value is -6.96. The van der Waals surface area contributed by atoms with Gasteiger partial charge in [-0.05, 0) is 179 Å². The number of piperazine rings is 2. The maximum atomic E-state index is 14.5. The first kappa shape index (κ1) is 87.9. The molecule has 11 rings (SSSR count). The summed E-state index contributed by atoms with van der Waals surface area (Å²) in [6.45, 7) is 26.6. The number of thioether (sulfide) groups is 1. The molecule has 5 aliphatic rings. The highest BCUT2D eigenvalue weighted by molar-refractivity contribution is 7.99. The molecule has 0 bridgehead atoms. The summed E-state index contributed by atoms with van der Waals surface area (Å²) in [4.78, 5) is 73.3. The van der Waals surface area contributed by atoms with Gasteiger partial charge in [-0.15, -0.1) is 23.1 Å². The van der Waals surface area contributed by atoms with Crippen LogP contribution in [0.3, 0.4) is 0 Å². The Morgan fingerprint density at radius 3 is 2.16 bits per heavy atom. The molecular formula is C85H113ClF3N11O10S4. The highest BCUT2D eigenvalue weighted by Crippen LogP contribution is 2.45. The van der Waals surface area contributed by atoms with E-state index in [-0.39, 0.29) is 59.8 Å². The molecule has 29 heteroatoms. The number of halogens is 4. The number of sulfonamides is 1. The van der Waals surface area contributed by atoms with Gasteiger partial charge in [0.2, 0.25) is 17.7 Å². The highest BCUT2D eigenvalue weighted by Gasteiger charge is 2.49. The highest BCUT2D eigenvalue weighted by atomic mass is 35.5. The summed E-state index contributed by atoms with van der Waals surface area (Å²) in [5.74, 6) is -0.989. The molecule has 0 spiro atoms. The van der Waals surface area contributed by atoms with E-state index >= 15 is 0 Å². The first-order chi connectivity index (χ1) is 54.2. The van der Waals surface area contributed by atoms with Gasteiger partial charge in [-0.3, -0.25) is 29.0 Å². The van der Waals surface area contributed by atoms with Crippen LogP contribution in [0.15, 0.2) is 147 Å². The number of nitrogens with one attached hydrogen (secondary N) is 4. The number of allylic oxidation sites excluding steroid dienone is 1. The second-order valence-corrected chi connectivity index (χ2v) is 38.9. The van der Waals surface area contributed by atoms with Crippen LogP contribution in [0.1, 0.15) is 159 Å². The van der Waals surface area contributed by atoms with Gasteiger partial charge in [0.05, 0.1) is 51.5 Å². The van der Waals surface area contributed by atoms with Crippen LogP contribution in [-0.4, -0.2) is 221 Å². The largest absolute Gasteiger partial charge is 0.501 e. The summed E-state index contributed by atoms with van der Waals surface area (Å²) in [6.07, 6.45) is 8.33. The van der Waals surface area contributed by atoms with Gasteiger partial charge < -0.3 is 45.4 Å². The quantitative estimate of drug-likeness (QED) is 0.0195.